The molecule has 0 aliphatic carbocycles. The van der Waals surface area contributed by atoms with Crippen LogP contribution in [0.3, 0.4) is 0 Å². The van der Waals surface area contributed by atoms with Crippen LogP contribution in [0.5, 0.6) is 5.75 Å². The standard InChI is InChI=1S/C13H20N2O2/c1-4-9(3)15-13(16)10-6-7-12(17-5-2)11(14)8-10/h6-9H,4-5,14H2,1-3H3,(H,15,16)/t9-/m0/s1. The van der Waals surface area contributed by atoms with Crippen molar-refractivity contribution in [2.24, 2.45) is 0 Å². The number of anilines is 1. The van der Waals surface area contributed by atoms with Gasteiger partial charge in [0, 0.05) is 11.6 Å². The van der Waals surface area contributed by atoms with E-state index in [0.717, 1.165) is 6.42 Å². The molecule has 0 fully saturated rings. The van der Waals surface area contributed by atoms with E-state index in [2.05, 4.69) is 5.32 Å². The van der Waals surface area contributed by atoms with Crippen molar-refractivity contribution in [2.45, 2.75) is 33.2 Å². The Balaban J connectivity index is 2.79. The van der Waals surface area contributed by atoms with Gasteiger partial charge in [0.05, 0.1) is 12.3 Å². The maximum Gasteiger partial charge on any atom is 0.251 e. The largest absolute Gasteiger partial charge is 0.492 e. The number of rotatable bonds is 5. The Kier molecular flexibility index (Phi) is 4.82. The van der Waals surface area contributed by atoms with Crippen LogP contribution in [0.1, 0.15) is 37.6 Å². The van der Waals surface area contributed by atoms with Crippen molar-refractivity contribution in [3.05, 3.63) is 23.8 Å². The minimum Gasteiger partial charge on any atom is -0.492 e. The molecule has 1 amide bonds. The molecule has 0 bridgehead atoms. The molecule has 0 aliphatic heterocycles. The van der Waals surface area contributed by atoms with Crippen LogP contribution >= 0.6 is 0 Å². The second-order valence-electron chi connectivity index (χ2n) is 3.97. The zero-order chi connectivity index (χ0) is 12.8. The van der Waals surface area contributed by atoms with Crippen LogP contribution in [0, 0.1) is 0 Å². The van der Waals surface area contributed by atoms with Crippen molar-refractivity contribution < 1.29 is 9.53 Å². The summed E-state index contributed by atoms with van der Waals surface area (Å²) in [6.07, 6.45) is 0.901. The van der Waals surface area contributed by atoms with Gasteiger partial charge < -0.3 is 15.8 Å². The third-order valence-corrected chi connectivity index (χ3v) is 2.56. The molecule has 0 radical (unpaired) electrons. The SMILES string of the molecule is CCOc1ccc(C(=O)N[C@@H](C)CC)cc1N. The van der Waals surface area contributed by atoms with Crippen LogP contribution in [0.4, 0.5) is 5.69 Å². The summed E-state index contributed by atoms with van der Waals surface area (Å²) < 4.78 is 5.32. The third kappa shape index (κ3) is 3.66. The Labute approximate surface area is 102 Å². The molecule has 1 aromatic carbocycles. The van der Waals surface area contributed by atoms with Gasteiger partial charge in [-0.15, -0.1) is 0 Å². The van der Waals surface area contributed by atoms with Gasteiger partial charge in [-0.2, -0.15) is 0 Å². The topological polar surface area (TPSA) is 64.3 Å². The van der Waals surface area contributed by atoms with Crippen molar-refractivity contribution in [3.8, 4) is 5.75 Å². The lowest BCUT2D eigenvalue weighted by molar-refractivity contribution is 0.0939. The van der Waals surface area contributed by atoms with Gasteiger partial charge in [-0.05, 0) is 38.5 Å². The zero-order valence-electron chi connectivity index (χ0n) is 10.6. The van der Waals surface area contributed by atoms with Gasteiger partial charge in [0.2, 0.25) is 0 Å². The van der Waals surface area contributed by atoms with E-state index in [0.29, 0.717) is 23.6 Å². The molecule has 0 unspecified atom stereocenters. The Morgan fingerprint density at radius 2 is 2.18 bits per heavy atom. The first-order valence-electron chi connectivity index (χ1n) is 5.91. The summed E-state index contributed by atoms with van der Waals surface area (Å²) in [5, 5.41) is 2.89. The van der Waals surface area contributed by atoms with Gasteiger partial charge in [0.25, 0.3) is 5.91 Å². The summed E-state index contributed by atoms with van der Waals surface area (Å²) in [6.45, 7) is 6.44. The first kappa shape index (κ1) is 13.4. The van der Waals surface area contributed by atoms with Crippen LogP contribution in [0.2, 0.25) is 0 Å². The molecule has 0 aromatic heterocycles. The van der Waals surface area contributed by atoms with Gasteiger partial charge in [-0.25, -0.2) is 0 Å². The van der Waals surface area contributed by atoms with E-state index in [4.69, 9.17) is 10.5 Å². The second kappa shape index (κ2) is 6.13. The highest BCUT2D eigenvalue weighted by atomic mass is 16.5. The second-order valence-corrected chi connectivity index (χ2v) is 3.97. The molecule has 1 atom stereocenters. The molecular formula is C13H20N2O2. The molecule has 4 nitrogen and oxygen atoms in total. The number of carbonyl (C=O) groups is 1. The maximum atomic E-state index is 11.8. The lowest BCUT2D eigenvalue weighted by atomic mass is 10.1. The van der Waals surface area contributed by atoms with Crippen molar-refractivity contribution >= 4 is 11.6 Å². The van der Waals surface area contributed by atoms with Crippen LogP contribution in [-0.2, 0) is 0 Å². The van der Waals surface area contributed by atoms with Crippen molar-refractivity contribution in [1.29, 1.82) is 0 Å². The first-order chi connectivity index (χ1) is 8.08. The molecule has 0 saturated heterocycles. The lowest BCUT2D eigenvalue weighted by Crippen LogP contribution is -2.31. The number of amides is 1. The Bertz CT molecular complexity index is 391. The number of nitrogens with two attached hydrogens (primary N) is 1. The highest BCUT2D eigenvalue weighted by Gasteiger charge is 2.10. The minimum absolute atomic E-state index is 0.103. The molecule has 1 aromatic rings. The van der Waals surface area contributed by atoms with Crippen molar-refractivity contribution in [3.63, 3.8) is 0 Å². The average Bonchev–Trinajstić information content (AvgIpc) is 2.31. The predicted octanol–water partition coefficient (Wildman–Crippen LogP) is 2.20. The fraction of sp³-hybridized carbons (Fsp3) is 0.462. The van der Waals surface area contributed by atoms with Gasteiger partial charge in [0.15, 0.2) is 0 Å². The maximum absolute atomic E-state index is 11.8. The molecule has 0 spiro atoms. The molecule has 3 N–H and O–H groups in total. The number of nitrogen functional groups attached to an aromatic ring is 1. The number of hydrogen-bond donors (Lipinski definition) is 2. The number of ether oxygens (including phenoxy) is 1. The summed E-state index contributed by atoms with van der Waals surface area (Å²) >= 11 is 0. The fourth-order valence-corrected chi connectivity index (χ4v) is 1.39. The summed E-state index contributed by atoms with van der Waals surface area (Å²) in [6, 6.07) is 5.25. The Morgan fingerprint density at radius 1 is 1.47 bits per heavy atom. The highest BCUT2D eigenvalue weighted by Crippen LogP contribution is 2.22. The quantitative estimate of drug-likeness (QED) is 0.770. The van der Waals surface area contributed by atoms with E-state index in [1.54, 1.807) is 18.2 Å². The average molecular weight is 236 g/mol. The van der Waals surface area contributed by atoms with E-state index in [1.807, 2.05) is 20.8 Å². The van der Waals surface area contributed by atoms with Crippen molar-refractivity contribution in [1.82, 2.24) is 5.32 Å². The van der Waals surface area contributed by atoms with E-state index in [9.17, 15) is 4.79 Å². The molecule has 1 rings (SSSR count). The van der Waals surface area contributed by atoms with Gasteiger partial charge in [-0.1, -0.05) is 6.92 Å². The summed E-state index contributed by atoms with van der Waals surface area (Å²) in [5.74, 6) is 0.515. The Hall–Kier alpha value is -1.71. The molecule has 94 valence electrons. The number of hydrogen-bond acceptors (Lipinski definition) is 3. The normalized spacial score (nSPS) is 11.9. The number of carbonyl (C=O) groups excluding carboxylic acids is 1. The predicted molar refractivity (Wildman–Crippen MR) is 69.2 cm³/mol. The number of benzene rings is 1. The summed E-state index contributed by atoms with van der Waals surface area (Å²) in [5.41, 5.74) is 6.85. The fourth-order valence-electron chi connectivity index (χ4n) is 1.39. The van der Waals surface area contributed by atoms with E-state index < -0.39 is 0 Å². The molecule has 0 heterocycles. The third-order valence-electron chi connectivity index (χ3n) is 2.56. The molecule has 4 heteroatoms. The first-order valence-corrected chi connectivity index (χ1v) is 5.91. The van der Waals surface area contributed by atoms with E-state index in [1.165, 1.54) is 0 Å². The van der Waals surface area contributed by atoms with Gasteiger partial charge in [-0.3, -0.25) is 4.79 Å². The smallest absolute Gasteiger partial charge is 0.251 e. The highest BCUT2D eigenvalue weighted by molar-refractivity contribution is 5.95. The van der Waals surface area contributed by atoms with Crippen LogP contribution < -0.4 is 15.8 Å². The van der Waals surface area contributed by atoms with Gasteiger partial charge in [0.1, 0.15) is 5.75 Å². The Morgan fingerprint density at radius 3 is 2.71 bits per heavy atom. The number of nitrogens with one attached hydrogen (secondary N) is 1. The van der Waals surface area contributed by atoms with Gasteiger partial charge >= 0.3 is 0 Å². The lowest BCUT2D eigenvalue weighted by Gasteiger charge is -2.12. The summed E-state index contributed by atoms with van der Waals surface area (Å²) in [4.78, 5) is 11.8. The van der Waals surface area contributed by atoms with Crippen molar-refractivity contribution in [2.75, 3.05) is 12.3 Å². The van der Waals surface area contributed by atoms with Crippen LogP contribution in [0.25, 0.3) is 0 Å². The van der Waals surface area contributed by atoms with Crippen LogP contribution in [0.15, 0.2) is 18.2 Å². The molecule has 17 heavy (non-hydrogen) atoms. The minimum atomic E-state index is -0.103. The van der Waals surface area contributed by atoms with E-state index >= 15 is 0 Å². The monoisotopic (exact) mass is 236 g/mol. The molecule has 0 saturated carbocycles. The zero-order valence-corrected chi connectivity index (χ0v) is 10.6. The summed E-state index contributed by atoms with van der Waals surface area (Å²) in [7, 11) is 0. The van der Waals surface area contributed by atoms with E-state index in [-0.39, 0.29) is 11.9 Å². The van der Waals surface area contributed by atoms with Crippen LogP contribution in [-0.4, -0.2) is 18.6 Å². The molecular weight excluding hydrogens is 216 g/mol. The molecule has 0 aliphatic rings.